The zero-order chi connectivity index (χ0) is 19.6. The molecule has 0 aromatic heterocycles. The molecule has 0 atom stereocenters. The van der Waals surface area contributed by atoms with E-state index in [1.54, 1.807) is 11.0 Å². The van der Waals surface area contributed by atoms with Gasteiger partial charge >= 0.3 is 0 Å². The van der Waals surface area contributed by atoms with Gasteiger partial charge in [-0.25, -0.2) is 0 Å². The number of carbonyl (C=O) groups excluding carboxylic acids is 1. The molecule has 1 saturated heterocycles. The van der Waals surface area contributed by atoms with Crippen LogP contribution in [-0.4, -0.2) is 23.3 Å². The van der Waals surface area contributed by atoms with E-state index in [4.69, 9.17) is 23.8 Å². The number of amides is 1. The van der Waals surface area contributed by atoms with Crippen molar-refractivity contribution >= 4 is 63.3 Å². The Labute approximate surface area is 175 Å². The van der Waals surface area contributed by atoms with E-state index < -0.39 is 0 Å². The van der Waals surface area contributed by atoms with Crippen LogP contribution in [0.15, 0.2) is 47.4 Å². The van der Waals surface area contributed by atoms with Crippen molar-refractivity contribution in [3.63, 3.8) is 0 Å². The third kappa shape index (κ3) is 4.21. The van der Waals surface area contributed by atoms with Crippen molar-refractivity contribution < 1.29 is 4.79 Å². The van der Waals surface area contributed by atoms with E-state index in [0.29, 0.717) is 19.9 Å². The molecular weight excluding hydrogens is 396 g/mol. The molecule has 1 aliphatic rings. The van der Waals surface area contributed by atoms with Crippen LogP contribution in [0.3, 0.4) is 0 Å². The lowest BCUT2D eigenvalue weighted by molar-refractivity contribution is -0.113. The van der Waals surface area contributed by atoms with Crippen LogP contribution in [0, 0.1) is 6.92 Å². The molecule has 140 valence electrons. The van der Waals surface area contributed by atoms with Crippen molar-refractivity contribution in [1.82, 2.24) is 0 Å². The molecule has 27 heavy (non-hydrogen) atoms. The van der Waals surface area contributed by atoms with Crippen molar-refractivity contribution in [3.8, 4) is 0 Å². The smallest absolute Gasteiger partial charge is 0.270 e. The molecular formula is C21H21ClN2OS2. The summed E-state index contributed by atoms with van der Waals surface area (Å²) in [6.07, 6.45) is 1.89. The Hall–Kier alpha value is -1.82. The van der Waals surface area contributed by atoms with Gasteiger partial charge in [0.15, 0.2) is 4.32 Å². The zero-order valence-corrected chi connectivity index (χ0v) is 17.9. The Morgan fingerprint density at radius 3 is 2.41 bits per heavy atom. The Morgan fingerprint density at radius 2 is 1.81 bits per heavy atom. The van der Waals surface area contributed by atoms with Gasteiger partial charge in [-0.15, -0.1) is 0 Å². The summed E-state index contributed by atoms with van der Waals surface area (Å²) in [7, 11) is 0. The van der Waals surface area contributed by atoms with Crippen LogP contribution < -0.4 is 9.80 Å². The van der Waals surface area contributed by atoms with Crippen molar-refractivity contribution in [3.05, 3.63) is 63.5 Å². The summed E-state index contributed by atoms with van der Waals surface area (Å²) < 4.78 is 0.519. The number of hydrogen-bond donors (Lipinski definition) is 0. The number of nitrogens with zero attached hydrogens (tertiary/aromatic N) is 2. The summed E-state index contributed by atoms with van der Waals surface area (Å²) in [5.41, 5.74) is 3.83. The van der Waals surface area contributed by atoms with E-state index in [2.05, 4.69) is 30.9 Å². The molecule has 1 amide bonds. The summed E-state index contributed by atoms with van der Waals surface area (Å²) in [6, 6.07) is 13.8. The fourth-order valence-electron chi connectivity index (χ4n) is 2.93. The maximum absolute atomic E-state index is 12.9. The number of benzene rings is 2. The largest absolute Gasteiger partial charge is 0.372 e. The summed E-state index contributed by atoms with van der Waals surface area (Å²) in [5, 5.41) is 0.623. The number of rotatable bonds is 5. The number of anilines is 2. The summed E-state index contributed by atoms with van der Waals surface area (Å²) in [4.78, 5) is 17.3. The molecule has 6 heteroatoms. The van der Waals surface area contributed by atoms with Crippen LogP contribution in [0.2, 0.25) is 5.02 Å². The average Bonchev–Trinajstić information content (AvgIpc) is 2.93. The number of hydrogen-bond acceptors (Lipinski definition) is 4. The maximum Gasteiger partial charge on any atom is 0.270 e. The van der Waals surface area contributed by atoms with E-state index in [1.807, 2.05) is 37.3 Å². The fraction of sp³-hybridized carbons (Fsp3) is 0.238. The SMILES string of the molecule is CCN(CC)c1ccc(C=C2SC(=S)N(c3ccc(C)c(Cl)c3)C2=O)cc1. The van der Waals surface area contributed by atoms with Gasteiger partial charge in [-0.3, -0.25) is 9.69 Å². The van der Waals surface area contributed by atoms with Crippen LogP contribution >= 0.6 is 35.6 Å². The second-order valence-electron chi connectivity index (χ2n) is 6.21. The molecule has 2 aromatic rings. The topological polar surface area (TPSA) is 23.6 Å². The Balaban J connectivity index is 1.84. The molecule has 0 spiro atoms. The second-order valence-corrected chi connectivity index (χ2v) is 8.30. The molecule has 3 rings (SSSR count). The third-order valence-electron chi connectivity index (χ3n) is 4.53. The van der Waals surface area contributed by atoms with Gasteiger partial charge in [-0.05, 0) is 62.2 Å². The molecule has 0 N–H and O–H groups in total. The quantitative estimate of drug-likeness (QED) is 0.447. The van der Waals surface area contributed by atoms with Gasteiger partial charge in [0.05, 0.1) is 10.6 Å². The van der Waals surface area contributed by atoms with E-state index in [-0.39, 0.29) is 5.91 Å². The molecule has 1 fully saturated rings. The van der Waals surface area contributed by atoms with Gasteiger partial charge in [0, 0.05) is 23.8 Å². The molecule has 0 saturated carbocycles. The minimum atomic E-state index is -0.113. The molecule has 0 bridgehead atoms. The van der Waals surface area contributed by atoms with Crippen LogP contribution in [0.5, 0.6) is 0 Å². The average molecular weight is 417 g/mol. The lowest BCUT2D eigenvalue weighted by atomic mass is 10.1. The predicted molar refractivity (Wildman–Crippen MR) is 122 cm³/mol. The van der Waals surface area contributed by atoms with Crippen molar-refractivity contribution in [2.45, 2.75) is 20.8 Å². The fourth-order valence-corrected chi connectivity index (χ4v) is 4.41. The van der Waals surface area contributed by atoms with Gasteiger partial charge in [0.1, 0.15) is 0 Å². The first kappa shape index (κ1) is 19.9. The normalized spacial score (nSPS) is 15.7. The molecule has 2 aromatic carbocycles. The molecule has 0 radical (unpaired) electrons. The van der Waals surface area contributed by atoms with Crippen molar-refractivity contribution in [2.75, 3.05) is 22.9 Å². The number of thioether (sulfide) groups is 1. The van der Waals surface area contributed by atoms with E-state index >= 15 is 0 Å². The molecule has 1 aliphatic heterocycles. The lowest BCUT2D eigenvalue weighted by Crippen LogP contribution is -2.27. The minimum absolute atomic E-state index is 0.113. The Bertz CT molecular complexity index is 905. The Kier molecular flexibility index (Phi) is 6.25. The first-order chi connectivity index (χ1) is 12.9. The monoisotopic (exact) mass is 416 g/mol. The number of thiocarbonyl (C=S) groups is 1. The summed E-state index contributed by atoms with van der Waals surface area (Å²) in [5.74, 6) is -0.113. The number of aryl methyl sites for hydroxylation is 1. The summed E-state index contributed by atoms with van der Waals surface area (Å²) in [6.45, 7) is 8.14. The van der Waals surface area contributed by atoms with Gasteiger partial charge in [-0.2, -0.15) is 0 Å². The van der Waals surface area contributed by atoms with Crippen LogP contribution in [0.4, 0.5) is 11.4 Å². The van der Waals surface area contributed by atoms with Gasteiger partial charge in [-0.1, -0.05) is 53.8 Å². The van der Waals surface area contributed by atoms with Crippen LogP contribution in [-0.2, 0) is 4.79 Å². The van der Waals surface area contributed by atoms with Crippen molar-refractivity contribution in [2.24, 2.45) is 0 Å². The highest BCUT2D eigenvalue weighted by Crippen LogP contribution is 2.37. The van der Waals surface area contributed by atoms with Crippen molar-refractivity contribution in [1.29, 1.82) is 0 Å². The van der Waals surface area contributed by atoms with Gasteiger partial charge < -0.3 is 4.90 Å². The Morgan fingerprint density at radius 1 is 1.15 bits per heavy atom. The highest BCUT2D eigenvalue weighted by atomic mass is 35.5. The number of halogens is 1. The van der Waals surface area contributed by atoms with Gasteiger partial charge in [0.25, 0.3) is 5.91 Å². The first-order valence-corrected chi connectivity index (χ1v) is 10.4. The van der Waals surface area contributed by atoms with E-state index in [1.165, 1.54) is 17.4 Å². The van der Waals surface area contributed by atoms with Gasteiger partial charge in [0.2, 0.25) is 0 Å². The van der Waals surface area contributed by atoms with Crippen LogP contribution in [0.1, 0.15) is 25.0 Å². The summed E-state index contributed by atoms with van der Waals surface area (Å²) >= 11 is 13.0. The molecule has 3 nitrogen and oxygen atoms in total. The molecule has 0 aliphatic carbocycles. The second kappa shape index (κ2) is 8.46. The van der Waals surface area contributed by atoms with Crippen LogP contribution in [0.25, 0.3) is 6.08 Å². The standard InChI is InChI=1S/C21H21ClN2OS2/c1-4-23(5-2)16-10-7-15(8-11-16)12-19-20(25)24(21(26)27-19)17-9-6-14(3)18(22)13-17/h6-13H,4-5H2,1-3H3. The molecule has 0 unspecified atom stereocenters. The maximum atomic E-state index is 12.9. The minimum Gasteiger partial charge on any atom is -0.372 e. The lowest BCUT2D eigenvalue weighted by Gasteiger charge is -2.20. The van der Waals surface area contributed by atoms with E-state index in [0.717, 1.165) is 24.2 Å². The molecule has 1 heterocycles. The predicted octanol–water partition coefficient (Wildman–Crippen LogP) is 5.90. The number of carbonyl (C=O) groups is 1. The highest BCUT2D eigenvalue weighted by Gasteiger charge is 2.33. The van der Waals surface area contributed by atoms with E-state index in [9.17, 15) is 4.79 Å². The highest BCUT2D eigenvalue weighted by molar-refractivity contribution is 8.27. The zero-order valence-electron chi connectivity index (χ0n) is 15.5. The third-order valence-corrected chi connectivity index (χ3v) is 6.24. The first-order valence-electron chi connectivity index (χ1n) is 8.83.